The van der Waals surface area contributed by atoms with Crippen LogP contribution in [-0.4, -0.2) is 0 Å². The van der Waals surface area contributed by atoms with Crippen LogP contribution in [0.5, 0.6) is 0 Å². The van der Waals surface area contributed by atoms with Gasteiger partial charge in [0.25, 0.3) is 0 Å². The van der Waals surface area contributed by atoms with Crippen molar-refractivity contribution >= 4 is 21.9 Å². The van der Waals surface area contributed by atoms with Gasteiger partial charge in [0, 0.05) is 10.8 Å². The molecule has 1 nitrogen and oxygen atoms in total. The van der Waals surface area contributed by atoms with Gasteiger partial charge in [-0.1, -0.05) is 54.6 Å². The molecular formula is C20H16O. The van der Waals surface area contributed by atoms with Gasteiger partial charge in [0.2, 0.25) is 0 Å². The molecule has 0 aliphatic heterocycles. The van der Waals surface area contributed by atoms with Crippen molar-refractivity contribution in [2.45, 2.75) is 13.3 Å². The predicted octanol–water partition coefficient (Wildman–Crippen LogP) is 5.49. The van der Waals surface area contributed by atoms with Crippen molar-refractivity contribution in [1.82, 2.24) is 0 Å². The van der Waals surface area contributed by atoms with Gasteiger partial charge in [-0.05, 0) is 42.2 Å². The lowest BCUT2D eigenvalue weighted by atomic mass is 9.99. The van der Waals surface area contributed by atoms with Crippen molar-refractivity contribution in [2.24, 2.45) is 0 Å². The molecule has 4 aromatic rings. The van der Waals surface area contributed by atoms with Gasteiger partial charge < -0.3 is 4.42 Å². The van der Waals surface area contributed by atoms with Crippen LogP contribution in [0.2, 0.25) is 0 Å². The highest BCUT2D eigenvalue weighted by molar-refractivity contribution is 6.06. The van der Waals surface area contributed by atoms with E-state index < -0.39 is 0 Å². The van der Waals surface area contributed by atoms with Crippen LogP contribution in [0, 0.1) is 6.92 Å². The summed E-state index contributed by atoms with van der Waals surface area (Å²) >= 11 is 0. The molecule has 0 radical (unpaired) electrons. The molecule has 0 atom stereocenters. The molecule has 21 heavy (non-hydrogen) atoms. The Morgan fingerprint density at radius 3 is 2.52 bits per heavy atom. The van der Waals surface area contributed by atoms with Crippen molar-refractivity contribution in [3.05, 3.63) is 83.4 Å². The maximum absolute atomic E-state index is 6.01. The monoisotopic (exact) mass is 272 g/mol. The largest absolute Gasteiger partial charge is 0.456 e. The molecule has 3 aromatic carbocycles. The first-order chi connectivity index (χ1) is 10.3. The summed E-state index contributed by atoms with van der Waals surface area (Å²) in [4.78, 5) is 0. The molecule has 0 fully saturated rings. The standard InChI is InChI=1S/C20H16O/c1-14-10-11-17-19(12-14)21-18-9-5-8-16(20(17)18)13-15-6-3-2-4-7-15/h2-12H,13H2,1H3. The molecule has 0 unspecified atom stereocenters. The summed E-state index contributed by atoms with van der Waals surface area (Å²) in [7, 11) is 0. The van der Waals surface area contributed by atoms with E-state index in [1.54, 1.807) is 0 Å². The molecule has 102 valence electrons. The number of furan rings is 1. The van der Waals surface area contributed by atoms with Gasteiger partial charge in [-0.2, -0.15) is 0 Å². The van der Waals surface area contributed by atoms with Crippen LogP contribution in [-0.2, 0) is 6.42 Å². The van der Waals surface area contributed by atoms with Gasteiger partial charge in [0.1, 0.15) is 11.2 Å². The summed E-state index contributed by atoms with van der Waals surface area (Å²) in [5, 5.41) is 2.46. The van der Waals surface area contributed by atoms with E-state index in [1.165, 1.54) is 27.5 Å². The fourth-order valence-electron chi connectivity index (χ4n) is 2.97. The number of hydrogen-bond donors (Lipinski definition) is 0. The molecule has 0 aliphatic carbocycles. The summed E-state index contributed by atoms with van der Waals surface area (Å²) in [5.74, 6) is 0. The van der Waals surface area contributed by atoms with Gasteiger partial charge in [-0.15, -0.1) is 0 Å². The smallest absolute Gasteiger partial charge is 0.135 e. The van der Waals surface area contributed by atoms with Crippen molar-refractivity contribution < 1.29 is 4.42 Å². The summed E-state index contributed by atoms with van der Waals surface area (Å²) in [5.41, 5.74) is 5.83. The van der Waals surface area contributed by atoms with Crippen molar-refractivity contribution in [1.29, 1.82) is 0 Å². The number of rotatable bonds is 2. The Morgan fingerprint density at radius 2 is 1.67 bits per heavy atom. The summed E-state index contributed by atoms with van der Waals surface area (Å²) < 4.78 is 6.01. The number of aryl methyl sites for hydroxylation is 1. The highest BCUT2D eigenvalue weighted by atomic mass is 16.3. The van der Waals surface area contributed by atoms with Crippen LogP contribution in [0.25, 0.3) is 21.9 Å². The lowest BCUT2D eigenvalue weighted by Crippen LogP contribution is -1.88. The number of fused-ring (bicyclic) bond motifs is 3. The van der Waals surface area contributed by atoms with E-state index in [0.29, 0.717) is 0 Å². The molecule has 0 aliphatic rings. The van der Waals surface area contributed by atoms with Crippen molar-refractivity contribution in [3.8, 4) is 0 Å². The number of hydrogen-bond acceptors (Lipinski definition) is 1. The van der Waals surface area contributed by atoms with Crippen LogP contribution >= 0.6 is 0 Å². The highest BCUT2D eigenvalue weighted by Crippen LogP contribution is 2.32. The zero-order valence-electron chi connectivity index (χ0n) is 12.0. The summed E-state index contributed by atoms with van der Waals surface area (Å²) in [6.45, 7) is 2.09. The van der Waals surface area contributed by atoms with Gasteiger partial charge >= 0.3 is 0 Å². The van der Waals surface area contributed by atoms with Gasteiger partial charge in [0.15, 0.2) is 0 Å². The molecular weight excluding hydrogens is 256 g/mol. The maximum Gasteiger partial charge on any atom is 0.135 e. The van der Waals surface area contributed by atoms with Gasteiger partial charge in [-0.25, -0.2) is 0 Å². The van der Waals surface area contributed by atoms with Crippen molar-refractivity contribution in [3.63, 3.8) is 0 Å². The second-order valence-electron chi connectivity index (χ2n) is 5.55. The molecule has 0 spiro atoms. The lowest BCUT2D eigenvalue weighted by Gasteiger charge is -2.03. The van der Waals surface area contributed by atoms with E-state index in [2.05, 4.69) is 73.7 Å². The Morgan fingerprint density at radius 1 is 0.810 bits per heavy atom. The third-order valence-corrected chi connectivity index (χ3v) is 3.98. The van der Waals surface area contributed by atoms with E-state index in [4.69, 9.17) is 4.42 Å². The molecule has 1 heteroatoms. The normalized spacial score (nSPS) is 11.3. The zero-order valence-corrected chi connectivity index (χ0v) is 12.0. The molecule has 0 saturated heterocycles. The van der Waals surface area contributed by atoms with E-state index >= 15 is 0 Å². The van der Waals surface area contributed by atoms with E-state index in [0.717, 1.165) is 17.6 Å². The minimum atomic E-state index is 0.931. The third-order valence-electron chi connectivity index (χ3n) is 3.98. The topological polar surface area (TPSA) is 13.1 Å². The van der Waals surface area contributed by atoms with E-state index in [9.17, 15) is 0 Å². The summed E-state index contributed by atoms with van der Waals surface area (Å²) in [6.07, 6.45) is 0.931. The Balaban J connectivity index is 1.94. The Kier molecular flexibility index (Phi) is 2.78. The van der Waals surface area contributed by atoms with Crippen LogP contribution in [0.4, 0.5) is 0 Å². The zero-order chi connectivity index (χ0) is 14.2. The molecule has 0 saturated carbocycles. The number of benzene rings is 3. The first-order valence-electron chi connectivity index (χ1n) is 7.26. The Hall–Kier alpha value is -2.54. The first kappa shape index (κ1) is 12.2. The molecule has 4 rings (SSSR count). The fraction of sp³-hybridized carbons (Fsp3) is 0.100. The average molecular weight is 272 g/mol. The van der Waals surface area contributed by atoms with Crippen LogP contribution in [0.3, 0.4) is 0 Å². The van der Waals surface area contributed by atoms with Crippen LogP contribution in [0.1, 0.15) is 16.7 Å². The SMILES string of the molecule is Cc1ccc2c(c1)oc1cccc(Cc3ccccc3)c12. The molecule has 0 bridgehead atoms. The molecule has 0 amide bonds. The predicted molar refractivity (Wildman–Crippen MR) is 87.7 cm³/mol. The minimum absolute atomic E-state index is 0.931. The van der Waals surface area contributed by atoms with Crippen LogP contribution in [0.15, 0.2) is 71.1 Å². The van der Waals surface area contributed by atoms with E-state index in [1.807, 2.05) is 0 Å². The highest BCUT2D eigenvalue weighted by Gasteiger charge is 2.11. The van der Waals surface area contributed by atoms with Crippen molar-refractivity contribution in [2.75, 3.05) is 0 Å². The van der Waals surface area contributed by atoms with E-state index in [-0.39, 0.29) is 0 Å². The molecule has 1 heterocycles. The second-order valence-corrected chi connectivity index (χ2v) is 5.55. The fourth-order valence-corrected chi connectivity index (χ4v) is 2.97. The summed E-state index contributed by atoms with van der Waals surface area (Å²) in [6, 6.07) is 23.3. The Labute approximate surface area is 123 Å². The quantitative estimate of drug-likeness (QED) is 0.470. The molecule has 0 N–H and O–H groups in total. The van der Waals surface area contributed by atoms with Crippen LogP contribution < -0.4 is 0 Å². The van der Waals surface area contributed by atoms with Gasteiger partial charge in [0.05, 0.1) is 0 Å². The van der Waals surface area contributed by atoms with Gasteiger partial charge in [-0.3, -0.25) is 0 Å². The third kappa shape index (κ3) is 2.11. The first-order valence-corrected chi connectivity index (χ1v) is 7.26. The minimum Gasteiger partial charge on any atom is -0.456 e. The average Bonchev–Trinajstić information content (AvgIpc) is 2.86. The lowest BCUT2D eigenvalue weighted by molar-refractivity contribution is 0.668. The maximum atomic E-state index is 6.01. The second kappa shape index (κ2) is 4.78. The molecule has 1 aromatic heterocycles. The Bertz CT molecular complexity index is 917.